The second-order valence-electron chi connectivity index (χ2n) is 6.36. The van der Waals surface area contributed by atoms with E-state index in [0.29, 0.717) is 12.3 Å². The second-order valence-corrected chi connectivity index (χ2v) is 7.30. The largest absolute Gasteiger partial charge is 0.373 e. The molecule has 1 amide bonds. The number of carbonyl (C=O) groups is 1. The fraction of sp³-hybridized carbons (Fsp3) is 0.286. The van der Waals surface area contributed by atoms with E-state index in [9.17, 15) is 4.79 Å². The molecule has 2 aromatic carbocycles. The summed E-state index contributed by atoms with van der Waals surface area (Å²) >= 11 is 1.39. The number of nitrogens with zero attached hydrogens (tertiary/aromatic N) is 4. The SMILES string of the molecule is CCc1ccccc1-n1cnnc1SCC(=O)NCCN(C)c1ccccc1. The van der Waals surface area contributed by atoms with E-state index in [1.54, 1.807) is 6.33 Å². The summed E-state index contributed by atoms with van der Waals surface area (Å²) in [6.07, 6.45) is 2.62. The Labute approximate surface area is 170 Å². The summed E-state index contributed by atoms with van der Waals surface area (Å²) in [6.45, 7) is 3.46. The minimum absolute atomic E-state index is 0.00946. The molecule has 0 saturated carbocycles. The van der Waals surface area contributed by atoms with Crippen molar-refractivity contribution in [1.29, 1.82) is 0 Å². The predicted octanol–water partition coefficient (Wildman–Crippen LogP) is 3.17. The number of carbonyl (C=O) groups excluding carboxylic acids is 1. The van der Waals surface area contributed by atoms with E-state index in [2.05, 4.69) is 45.5 Å². The number of benzene rings is 2. The van der Waals surface area contributed by atoms with Crippen LogP contribution in [0.1, 0.15) is 12.5 Å². The molecule has 0 unspecified atom stereocenters. The average molecular weight is 396 g/mol. The third-order valence-corrected chi connectivity index (χ3v) is 5.39. The maximum Gasteiger partial charge on any atom is 0.230 e. The van der Waals surface area contributed by atoms with Crippen LogP contribution in [-0.2, 0) is 11.2 Å². The normalized spacial score (nSPS) is 10.6. The van der Waals surface area contributed by atoms with Gasteiger partial charge in [0.25, 0.3) is 0 Å². The predicted molar refractivity (Wildman–Crippen MR) is 114 cm³/mol. The van der Waals surface area contributed by atoms with E-state index in [0.717, 1.165) is 29.5 Å². The maximum absolute atomic E-state index is 12.2. The van der Waals surface area contributed by atoms with Crippen molar-refractivity contribution in [2.75, 3.05) is 30.8 Å². The van der Waals surface area contributed by atoms with E-state index in [1.165, 1.54) is 17.3 Å². The number of amides is 1. The summed E-state index contributed by atoms with van der Waals surface area (Å²) in [4.78, 5) is 14.3. The third-order valence-electron chi connectivity index (χ3n) is 4.45. The molecule has 6 nitrogen and oxygen atoms in total. The van der Waals surface area contributed by atoms with Gasteiger partial charge in [0.1, 0.15) is 6.33 Å². The van der Waals surface area contributed by atoms with Crippen molar-refractivity contribution in [3.8, 4) is 5.69 Å². The van der Waals surface area contributed by atoms with Gasteiger partial charge in [-0.3, -0.25) is 9.36 Å². The van der Waals surface area contributed by atoms with Crippen LogP contribution in [0, 0.1) is 0 Å². The van der Waals surface area contributed by atoms with Crippen LogP contribution < -0.4 is 10.2 Å². The number of likely N-dealkylation sites (N-methyl/N-ethyl adjacent to an activating group) is 1. The summed E-state index contributed by atoms with van der Waals surface area (Å²) in [5, 5.41) is 11.9. The monoisotopic (exact) mass is 395 g/mol. The Kier molecular flexibility index (Phi) is 7.08. The zero-order chi connectivity index (χ0) is 19.8. The van der Waals surface area contributed by atoms with Crippen LogP contribution >= 0.6 is 11.8 Å². The maximum atomic E-state index is 12.2. The Morgan fingerprint density at radius 2 is 1.89 bits per heavy atom. The summed E-state index contributed by atoms with van der Waals surface area (Å²) in [7, 11) is 2.02. The molecule has 7 heteroatoms. The molecule has 146 valence electrons. The van der Waals surface area contributed by atoms with Crippen molar-refractivity contribution in [3.05, 3.63) is 66.5 Å². The molecule has 0 fully saturated rings. The van der Waals surface area contributed by atoms with Crippen molar-refractivity contribution in [3.63, 3.8) is 0 Å². The molecule has 1 heterocycles. The molecule has 0 saturated heterocycles. The van der Waals surface area contributed by atoms with Crippen LogP contribution in [0.2, 0.25) is 0 Å². The van der Waals surface area contributed by atoms with Crippen molar-refractivity contribution < 1.29 is 4.79 Å². The van der Waals surface area contributed by atoms with Gasteiger partial charge in [-0.15, -0.1) is 10.2 Å². The van der Waals surface area contributed by atoms with Crippen molar-refractivity contribution in [2.24, 2.45) is 0 Å². The van der Waals surface area contributed by atoms with E-state index < -0.39 is 0 Å². The molecule has 0 radical (unpaired) electrons. The molecule has 0 bridgehead atoms. The Morgan fingerprint density at radius 3 is 2.68 bits per heavy atom. The summed E-state index contributed by atoms with van der Waals surface area (Å²) < 4.78 is 1.94. The minimum atomic E-state index is -0.00946. The Balaban J connectivity index is 1.50. The molecule has 0 atom stereocenters. The first-order chi connectivity index (χ1) is 13.7. The van der Waals surface area contributed by atoms with Gasteiger partial charge in [-0.05, 0) is 30.2 Å². The van der Waals surface area contributed by atoms with Crippen LogP contribution in [-0.4, -0.2) is 46.6 Å². The van der Waals surface area contributed by atoms with E-state index in [4.69, 9.17) is 0 Å². The zero-order valence-electron chi connectivity index (χ0n) is 16.2. The van der Waals surface area contributed by atoms with Gasteiger partial charge in [0.2, 0.25) is 5.91 Å². The number of thioether (sulfide) groups is 1. The number of aromatic nitrogens is 3. The van der Waals surface area contributed by atoms with E-state index in [1.807, 2.05) is 48.0 Å². The number of hydrogen-bond acceptors (Lipinski definition) is 5. The van der Waals surface area contributed by atoms with Gasteiger partial charge in [0, 0.05) is 25.8 Å². The molecule has 0 aliphatic carbocycles. The second kappa shape index (κ2) is 9.94. The van der Waals surface area contributed by atoms with Gasteiger partial charge in [0.15, 0.2) is 5.16 Å². The van der Waals surface area contributed by atoms with Crippen LogP contribution in [0.15, 0.2) is 66.1 Å². The Bertz CT molecular complexity index is 897. The number of aryl methyl sites for hydroxylation is 1. The molecule has 1 aromatic heterocycles. The number of nitrogens with one attached hydrogen (secondary N) is 1. The fourth-order valence-electron chi connectivity index (χ4n) is 2.89. The number of hydrogen-bond donors (Lipinski definition) is 1. The van der Waals surface area contributed by atoms with Crippen LogP contribution in [0.3, 0.4) is 0 Å². The molecular formula is C21H25N5OS. The summed E-state index contributed by atoms with van der Waals surface area (Å²) in [5.74, 6) is 0.298. The molecule has 3 aromatic rings. The Morgan fingerprint density at radius 1 is 1.14 bits per heavy atom. The molecule has 0 aliphatic rings. The first-order valence-corrected chi connectivity index (χ1v) is 10.3. The van der Waals surface area contributed by atoms with Crippen LogP contribution in [0.4, 0.5) is 5.69 Å². The van der Waals surface area contributed by atoms with Gasteiger partial charge in [-0.25, -0.2) is 0 Å². The smallest absolute Gasteiger partial charge is 0.230 e. The van der Waals surface area contributed by atoms with Crippen molar-refractivity contribution >= 4 is 23.4 Å². The third kappa shape index (κ3) is 5.13. The van der Waals surface area contributed by atoms with Crippen molar-refractivity contribution in [1.82, 2.24) is 20.1 Å². The first-order valence-electron chi connectivity index (χ1n) is 9.33. The van der Waals surface area contributed by atoms with Gasteiger partial charge >= 0.3 is 0 Å². The number of rotatable bonds is 9. The van der Waals surface area contributed by atoms with Crippen molar-refractivity contribution in [2.45, 2.75) is 18.5 Å². The Hall–Kier alpha value is -2.80. The highest BCUT2D eigenvalue weighted by Gasteiger charge is 2.12. The lowest BCUT2D eigenvalue weighted by Gasteiger charge is -2.19. The molecule has 0 spiro atoms. The quantitative estimate of drug-likeness (QED) is 0.564. The van der Waals surface area contributed by atoms with E-state index >= 15 is 0 Å². The van der Waals surface area contributed by atoms with Crippen LogP contribution in [0.25, 0.3) is 5.69 Å². The lowest BCUT2D eigenvalue weighted by molar-refractivity contribution is -0.118. The van der Waals surface area contributed by atoms with Gasteiger partial charge in [0.05, 0.1) is 11.4 Å². The molecular weight excluding hydrogens is 370 g/mol. The lowest BCUT2D eigenvalue weighted by atomic mass is 10.1. The first kappa shape index (κ1) is 19.9. The lowest BCUT2D eigenvalue weighted by Crippen LogP contribution is -2.33. The molecule has 3 rings (SSSR count). The summed E-state index contributed by atoms with van der Waals surface area (Å²) in [5.41, 5.74) is 3.41. The average Bonchev–Trinajstić information content (AvgIpc) is 3.21. The molecule has 0 aliphatic heterocycles. The fourth-order valence-corrected chi connectivity index (χ4v) is 3.64. The molecule has 28 heavy (non-hydrogen) atoms. The number of anilines is 1. The van der Waals surface area contributed by atoms with Crippen LogP contribution in [0.5, 0.6) is 0 Å². The topological polar surface area (TPSA) is 63.1 Å². The molecule has 1 N–H and O–H groups in total. The van der Waals surface area contributed by atoms with Gasteiger partial charge in [-0.2, -0.15) is 0 Å². The van der Waals surface area contributed by atoms with Gasteiger partial charge in [-0.1, -0.05) is 55.1 Å². The van der Waals surface area contributed by atoms with E-state index in [-0.39, 0.29) is 5.91 Å². The highest BCUT2D eigenvalue weighted by Crippen LogP contribution is 2.22. The highest BCUT2D eigenvalue weighted by atomic mass is 32.2. The van der Waals surface area contributed by atoms with Gasteiger partial charge < -0.3 is 10.2 Å². The minimum Gasteiger partial charge on any atom is -0.373 e. The highest BCUT2D eigenvalue weighted by molar-refractivity contribution is 7.99. The standard InChI is InChI=1S/C21H25N5OS/c1-3-17-9-7-8-12-19(17)26-16-23-24-21(26)28-15-20(27)22-13-14-25(2)18-10-5-4-6-11-18/h4-12,16H,3,13-15H2,1-2H3,(H,22,27). The zero-order valence-corrected chi connectivity index (χ0v) is 17.0. The number of para-hydroxylation sites is 2. The summed E-state index contributed by atoms with van der Waals surface area (Å²) in [6, 6.07) is 18.3.